The molecule has 0 spiro atoms. The molecule has 1 heterocycles. The summed E-state index contributed by atoms with van der Waals surface area (Å²) in [7, 11) is -0.428. The smallest absolute Gasteiger partial charge is 0.414 e. The average molecular weight is 586 g/mol. The molecule has 0 saturated carbocycles. The molecule has 6 heteroatoms. The van der Waals surface area contributed by atoms with Crippen molar-refractivity contribution in [3.8, 4) is 5.75 Å². The Hall–Kier alpha value is -3.35. The van der Waals surface area contributed by atoms with Crippen LogP contribution in [0.3, 0.4) is 0 Å². The second kappa shape index (κ2) is 14.2. The molecule has 224 valence electrons. The Balaban J connectivity index is 1.91. The fourth-order valence-electron chi connectivity index (χ4n) is 6.08. The summed E-state index contributed by atoms with van der Waals surface area (Å²) in [5.74, 6) is 0.795. The van der Waals surface area contributed by atoms with Gasteiger partial charge in [-0.05, 0) is 61.3 Å². The molecule has 3 atom stereocenters. The van der Waals surface area contributed by atoms with E-state index >= 15 is 0 Å². The number of methoxy groups -OCH3 is 1. The van der Waals surface area contributed by atoms with Crippen molar-refractivity contribution in [2.45, 2.75) is 82.7 Å². The van der Waals surface area contributed by atoms with Crippen molar-refractivity contribution in [1.29, 1.82) is 0 Å². The summed E-state index contributed by atoms with van der Waals surface area (Å²) >= 11 is 0. The molecule has 1 saturated heterocycles. The molecule has 0 bridgehead atoms. The Bertz CT molecular complexity index is 1290. The molecule has 0 N–H and O–H groups in total. The largest absolute Gasteiger partial charge is 0.497 e. The summed E-state index contributed by atoms with van der Waals surface area (Å²) in [5.41, 5.74) is 3.35. The highest BCUT2D eigenvalue weighted by molar-refractivity contribution is 6.69. The van der Waals surface area contributed by atoms with Gasteiger partial charge in [-0.25, -0.2) is 4.79 Å². The number of rotatable bonds is 15. The first-order valence-electron chi connectivity index (χ1n) is 15.3. The zero-order valence-electron chi connectivity index (χ0n) is 26.0. The number of ether oxygens (including phenoxy) is 2. The number of cyclic esters (lactones) is 1. The summed E-state index contributed by atoms with van der Waals surface area (Å²) in [6, 6.07) is 28.9. The van der Waals surface area contributed by atoms with Crippen LogP contribution >= 0.6 is 0 Å². The van der Waals surface area contributed by atoms with E-state index < -0.39 is 13.7 Å². The number of amides is 1. The molecule has 1 fully saturated rings. The highest BCUT2D eigenvalue weighted by Crippen LogP contribution is 2.52. The van der Waals surface area contributed by atoms with Crippen LogP contribution in [-0.2, 0) is 21.0 Å². The molecule has 3 aromatic carbocycles. The Kier molecular flexibility index (Phi) is 10.7. The molecule has 3 aromatic rings. The highest BCUT2D eigenvalue weighted by atomic mass is 28.4. The summed E-state index contributed by atoms with van der Waals surface area (Å²) in [6.45, 7) is 14.0. The molecule has 42 heavy (non-hydrogen) atoms. The van der Waals surface area contributed by atoms with Gasteiger partial charge in [0.15, 0.2) is 8.32 Å². The average Bonchev–Trinajstić information content (AvgIpc) is 3.36. The molecule has 0 aliphatic carbocycles. The van der Waals surface area contributed by atoms with E-state index in [2.05, 4.69) is 75.1 Å². The minimum Gasteiger partial charge on any atom is -0.497 e. The van der Waals surface area contributed by atoms with Crippen molar-refractivity contribution in [2.24, 2.45) is 0 Å². The monoisotopic (exact) mass is 585 g/mol. The van der Waals surface area contributed by atoms with Crippen LogP contribution in [0.2, 0.25) is 19.6 Å². The maximum Gasteiger partial charge on any atom is 0.414 e. The van der Waals surface area contributed by atoms with Crippen molar-refractivity contribution in [3.05, 3.63) is 114 Å². The number of benzene rings is 3. The fraction of sp³-hybridized carbons (Fsp3) is 0.417. The quantitative estimate of drug-likeness (QED) is 0.132. The minimum absolute atomic E-state index is 0.158. The van der Waals surface area contributed by atoms with Gasteiger partial charge in [0.2, 0.25) is 0 Å². The van der Waals surface area contributed by atoms with Crippen molar-refractivity contribution in [3.63, 3.8) is 0 Å². The summed E-state index contributed by atoms with van der Waals surface area (Å²) in [4.78, 5) is 15.4. The van der Waals surface area contributed by atoms with E-state index in [1.807, 2.05) is 41.3 Å². The molecule has 0 radical (unpaired) electrons. The summed E-state index contributed by atoms with van der Waals surface area (Å²) < 4.78 is 18.4. The van der Waals surface area contributed by atoms with Crippen LogP contribution < -0.4 is 4.74 Å². The molecule has 4 rings (SSSR count). The van der Waals surface area contributed by atoms with Gasteiger partial charge in [0, 0.05) is 5.70 Å². The van der Waals surface area contributed by atoms with E-state index in [-0.39, 0.29) is 18.2 Å². The summed E-state index contributed by atoms with van der Waals surface area (Å²) in [5, 5.41) is 0. The molecular formula is C36H47NO4Si. The number of hydrogen-bond donors (Lipinski definition) is 0. The lowest BCUT2D eigenvalue weighted by Crippen LogP contribution is -2.49. The fourth-order valence-corrected chi connectivity index (χ4v) is 7.13. The van der Waals surface area contributed by atoms with Gasteiger partial charge in [-0.15, -0.1) is 0 Å². The van der Waals surface area contributed by atoms with Crippen molar-refractivity contribution < 1.29 is 18.7 Å². The van der Waals surface area contributed by atoms with Gasteiger partial charge in [-0.2, -0.15) is 0 Å². The Morgan fingerprint density at radius 2 is 1.62 bits per heavy atom. The van der Waals surface area contributed by atoms with E-state index in [1.54, 1.807) is 7.11 Å². The van der Waals surface area contributed by atoms with E-state index in [0.29, 0.717) is 13.0 Å². The van der Waals surface area contributed by atoms with Crippen LogP contribution in [0.1, 0.15) is 61.8 Å². The molecule has 1 aliphatic heterocycles. The number of hydrogen-bond acceptors (Lipinski definition) is 4. The lowest BCUT2D eigenvalue weighted by Gasteiger charge is -2.48. The topological polar surface area (TPSA) is 48.0 Å². The zero-order valence-corrected chi connectivity index (χ0v) is 27.0. The Morgan fingerprint density at radius 1 is 0.976 bits per heavy atom. The highest BCUT2D eigenvalue weighted by Gasteiger charge is 2.51. The van der Waals surface area contributed by atoms with Gasteiger partial charge < -0.3 is 13.9 Å². The molecule has 0 aromatic heterocycles. The third kappa shape index (κ3) is 7.34. The second-order valence-electron chi connectivity index (χ2n) is 12.3. The van der Waals surface area contributed by atoms with Crippen LogP contribution in [0.15, 0.2) is 97.2 Å². The maximum atomic E-state index is 13.6. The lowest BCUT2D eigenvalue weighted by molar-refractivity contribution is 0.0884. The number of carbonyl (C=O) groups excluding carboxylic acids is 1. The Labute approximate surface area is 253 Å². The molecule has 0 unspecified atom stereocenters. The normalized spacial score (nSPS) is 17.4. The van der Waals surface area contributed by atoms with Gasteiger partial charge in [-0.1, -0.05) is 112 Å². The van der Waals surface area contributed by atoms with Crippen molar-refractivity contribution in [2.75, 3.05) is 13.7 Å². The standard InChI is InChI=1S/C36H47NO4Si/c1-7-8-9-16-25-36(31-19-14-11-15-20-31,34(41-42(4,5)6)30-21-23-33(39-3)24-22-30)28(2)37-32(27-40-35(37)38)26-29-17-12-10-13-18-29/h10-15,17-24,32,34H,2,7-9,16,25-27H2,1,3-6H3/t32-,34-,36+/m0/s1. The summed E-state index contributed by atoms with van der Waals surface area (Å²) in [6.07, 6.45) is 5.15. The van der Waals surface area contributed by atoms with Crippen LogP contribution in [0.5, 0.6) is 5.75 Å². The molecule has 5 nitrogen and oxygen atoms in total. The van der Waals surface area contributed by atoms with Crippen LogP contribution in [0.4, 0.5) is 4.79 Å². The van der Waals surface area contributed by atoms with Gasteiger partial charge >= 0.3 is 6.09 Å². The van der Waals surface area contributed by atoms with E-state index in [4.69, 9.17) is 20.5 Å². The van der Waals surface area contributed by atoms with Gasteiger partial charge in [0.05, 0.1) is 24.7 Å². The molecular weight excluding hydrogens is 538 g/mol. The Morgan fingerprint density at radius 3 is 2.21 bits per heavy atom. The van der Waals surface area contributed by atoms with E-state index in [1.165, 1.54) is 0 Å². The lowest BCUT2D eigenvalue weighted by atomic mass is 9.67. The van der Waals surface area contributed by atoms with Gasteiger partial charge in [-0.3, -0.25) is 4.90 Å². The third-order valence-electron chi connectivity index (χ3n) is 8.13. The van der Waals surface area contributed by atoms with E-state index in [0.717, 1.165) is 60.2 Å². The third-order valence-corrected chi connectivity index (χ3v) is 9.07. The molecule has 1 aliphatic rings. The van der Waals surface area contributed by atoms with Gasteiger partial charge in [0.1, 0.15) is 12.4 Å². The number of unbranched alkanes of at least 4 members (excludes halogenated alkanes) is 3. The SMILES string of the molecule is C=C(N1C(=O)OC[C@@H]1Cc1ccccc1)[C@](CCCCCC)(c1ccccc1)[C@@H](O[Si](C)(C)C)c1ccc(OC)cc1. The first-order chi connectivity index (χ1) is 20.2. The maximum absolute atomic E-state index is 13.6. The number of carbonyl (C=O) groups is 1. The van der Waals surface area contributed by atoms with Crippen LogP contribution in [0, 0.1) is 0 Å². The van der Waals surface area contributed by atoms with Crippen molar-refractivity contribution >= 4 is 14.4 Å². The number of nitrogens with zero attached hydrogens (tertiary/aromatic N) is 1. The van der Waals surface area contributed by atoms with Gasteiger partial charge in [0.25, 0.3) is 0 Å². The minimum atomic E-state index is -2.11. The first kappa shape index (κ1) is 31.6. The predicted octanol–water partition coefficient (Wildman–Crippen LogP) is 9.07. The van der Waals surface area contributed by atoms with Crippen LogP contribution in [-0.4, -0.2) is 39.1 Å². The zero-order chi connectivity index (χ0) is 30.2. The van der Waals surface area contributed by atoms with E-state index in [9.17, 15) is 4.79 Å². The predicted molar refractivity (Wildman–Crippen MR) is 173 cm³/mol. The van der Waals surface area contributed by atoms with Crippen LogP contribution in [0.25, 0.3) is 0 Å². The molecule has 1 amide bonds. The first-order valence-corrected chi connectivity index (χ1v) is 18.7. The van der Waals surface area contributed by atoms with Crippen molar-refractivity contribution in [1.82, 2.24) is 4.90 Å². The second-order valence-corrected chi connectivity index (χ2v) is 16.7.